The number of alkyl halides is 1. The second kappa shape index (κ2) is 4.21. The van der Waals surface area contributed by atoms with E-state index in [1.807, 2.05) is 0 Å². The van der Waals surface area contributed by atoms with E-state index in [9.17, 15) is 9.50 Å². The smallest absolute Gasteiger partial charge is 0.130 e. The Morgan fingerprint density at radius 2 is 2.25 bits per heavy atom. The molecule has 12 heavy (non-hydrogen) atoms. The lowest BCUT2D eigenvalue weighted by Gasteiger charge is -2.07. The van der Waals surface area contributed by atoms with Crippen molar-refractivity contribution >= 4 is 27.5 Å². The van der Waals surface area contributed by atoms with Crippen LogP contribution in [0, 0.1) is 5.82 Å². The Kier molecular flexibility index (Phi) is 3.50. The van der Waals surface area contributed by atoms with Gasteiger partial charge in [0.15, 0.2) is 0 Å². The third-order valence-corrected chi connectivity index (χ3v) is 2.25. The van der Waals surface area contributed by atoms with E-state index in [2.05, 4.69) is 15.9 Å². The van der Waals surface area contributed by atoms with Crippen LogP contribution in [0.5, 0.6) is 0 Å². The Balaban J connectivity index is 3.01. The summed E-state index contributed by atoms with van der Waals surface area (Å²) >= 11 is 8.48. The lowest BCUT2D eigenvalue weighted by atomic mass is 10.1. The maximum Gasteiger partial charge on any atom is 0.130 e. The maximum absolute atomic E-state index is 13.0. The lowest BCUT2D eigenvalue weighted by molar-refractivity contribution is 0.197. The van der Waals surface area contributed by atoms with Gasteiger partial charge >= 0.3 is 0 Å². The molecule has 4 heteroatoms. The monoisotopic (exact) mass is 252 g/mol. The molecule has 0 aliphatic rings. The van der Waals surface area contributed by atoms with Crippen LogP contribution in [0.1, 0.15) is 11.7 Å². The SMILES string of the molecule is O[C@H](CCl)c1ccc(Br)cc1F. The molecule has 66 valence electrons. The van der Waals surface area contributed by atoms with Crippen LogP contribution in [0.3, 0.4) is 0 Å². The number of hydrogen-bond donors (Lipinski definition) is 1. The Morgan fingerprint density at radius 1 is 1.58 bits per heavy atom. The van der Waals surface area contributed by atoms with E-state index in [4.69, 9.17) is 11.6 Å². The standard InChI is InChI=1S/C8H7BrClFO/c9-5-1-2-6(7(11)3-5)8(12)4-10/h1-3,8,12H,4H2/t8-/m1/s1. The molecular formula is C8H7BrClFO. The van der Waals surface area contributed by atoms with Crippen molar-refractivity contribution in [2.75, 3.05) is 5.88 Å². The number of hydrogen-bond acceptors (Lipinski definition) is 1. The van der Waals surface area contributed by atoms with E-state index in [-0.39, 0.29) is 11.4 Å². The lowest BCUT2D eigenvalue weighted by Crippen LogP contribution is -2.01. The molecule has 1 aromatic rings. The van der Waals surface area contributed by atoms with Gasteiger partial charge in [0.2, 0.25) is 0 Å². The van der Waals surface area contributed by atoms with E-state index in [1.165, 1.54) is 12.1 Å². The molecule has 0 radical (unpaired) electrons. The van der Waals surface area contributed by atoms with Gasteiger partial charge in [-0.15, -0.1) is 11.6 Å². The summed E-state index contributed by atoms with van der Waals surface area (Å²) in [7, 11) is 0. The van der Waals surface area contributed by atoms with Crippen molar-refractivity contribution in [1.29, 1.82) is 0 Å². The first kappa shape index (κ1) is 9.96. The molecule has 0 saturated heterocycles. The molecule has 0 amide bonds. The molecule has 0 saturated carbocycles. The zero-order valence-corrected chi connectivity index (χ0v) is 8.44. The Bertz CT molecular complexity index is 280. The predicted octanol–water partition coefficient (Wildman–Crippen LogP) is 2.86. The number of rotatable bonds is 2. The molecule has 1 rings (SSSR count). The topological polar surface area (TPSA) is 20.2 Å². The molecule has 1 nitrogen and oxygen atoms in total. The van der Waals surface area contributed by atoms with Crippen LogP contribution in [0.2, 0.25) is 0 Å². The summed E-state index contributed by atoms with van der Waals surface area (Å²) in [5, 5.41) is 9.21. The van der Waals surface area contributed by atoms with E-state index in [0.717, 1.165) is 0 Å². The van der Waals surface area contributed by atoms with Crippen molar-refractivity contribution < 1.29 is 9.50 Å². The Morgan fingerprint density at radius 3 is 2.75 bits per heavy atom. The normalized spacial score (nSPS) is 13.0. The molecular weight excluding hydrogens is 246 g/mol. The average Bonchev–Trinajstić information content (AvgIpc) is 2.03. The van der Waals surface area contributed by atoms with Crippen LogP contribution < -0.4 is 0 Å². The van der Waals surface area contributed by atoms with Gasteiger partial charge in [-0.25, -0.2) is 4.39 Å². The van der Waals surface area contributed by atoms with E-state index < -0.39 is 11.9 Å². The largest absolute Gasteiger partial charge is 0.387 e. The number of aliphatic hydroxyl groups is 1. The van der Waals surface area contributed by atoms with Crippen molar-refractivity contribution in [2.24, 2.45) is 0 Å². The second-order valence-corrected chi connectivity index (χ2v) is 3.56. The van der Waals surface area contributed by atoms with Crippen LogP contribution in [-0.4, -0.2) is 11.0 Å². The minimum atomic E-state index is -0.931. The predicted molar refractivity (Wildman–Crippen MR) is 49.8 cm³/mol. The zero-order valence-electron chi connectivity index (χ0n) is 6.10. The molecule has 0 aliphatic carbocycles. The molecule has 0 spiro atoms. The zero-order chi connectivity index (χ0) is 9.14. The molecule has 0 fully saturated rings. The average molecular weight is 253 g/mol. The quantitative estimate of drug-likeness (QED) is 0.804. The van der Waals surface area contributed by atoms with E-state index >= 15 is 0 Å². The highest BCUT2D eigenvalue weighted by molar-refractivity contribution is 9.10. The Hall–Kier alpha value is -0.120. The maximum atomic E-state index is 13.0. The summed E-state index contributed by atoms with van der Waals surface area (Å²) in [6.45, 7) is 0. The van der Waals surface area contributed by atoms with Gasteiger partial charge in [-0.2, -0.15) is 0 Å². The van der Waals surface area contributed by atoms with Crippen LogP contribution >= 0.6 is 27.5 Å². The summed E-state index contributed by atoms with van der Waals surface area (Å²) in [6, 6.07) is 4.46. The first-order valence-electron chi connectivity index (χ1n) is 3.34. The van der Waals surface area contributed by atoms with Crippen LogP contribution in [-0.2, 0) is 0 Å². The first-order valence-corrected chi connectivity index (χ1v) is 4.67. The third kappa shape index (κ3) is 2.19. The van der Waals surface area contributed by atoms with E-state index in [1.54, 1.807) is 6.07 Å². The van der Waals surface area contributed by atoms with Gasteiger partial charge in [-0.05, 0) is 12.1 Å². The number of benzene rings is 1. The summed E-state index contributed by atoms with van der Waals surface area (Å²) < 4.78 is 13.7. The number of aliphatic hydroxyl groups excluding tert-OH is 1. The second-order valence-electron chi connectivity index (χ2n) is 2.34. The van der Waals surface area contributed by atoms with Gasteiger partial charge in [-0.1, -0.05) is 22.0 Å². The molecule has 1 N–H and O–H groups in total. The fraction of sp³-hybridized carbons (Fsp3) is 0.250. The molecule has 0 aliphatic heterocycles. The van der Waals surface area contributed by atoms with Gasteiger partial charge in [0.1, 0.15) is 5.82 Å². The van der Waals surface area contributed by atoms with Crippen molar-refractivity contribution in [3.05, 3.63) is 34.1 Å². The summed E-state index contributed by atoms with van der Waals surface area (Å²) in [6.07, 6.45) is -0.931. The summed E-state index contributed by atoms with van der Waals surface area (Å²) in [5.41, 5.74) is 0.230. The van der Waals surface area contributed by atoms with E-state index in [0.29, 0.717) is 4.47 Å². The van der Waals surface area contributed by atoms with Crippen LogP contribution in [0.4, 0.5) is 4.39 Å². The molecule has 1 aromatic carbocycles. The highest BCUT2D eigenvalue weighted by atomic mass is 79.9. The minimum Gasteiger partial charge on any atom is -0.387 e. The minimum absolute atomic E-state index is 0.00144. The Labute approximate surface area is 83.3 Å². The van der Waals surface area contributed by atoms with Gasteiger partial charge in [0, 0.05) is 10.0 Å². The van der Waals surface area contributed by atoms with Gasteiger partial charge in [0.05, 0.1) is 12.0 Å². The van der Waals surface area contributed by atoms with Crippen LogP contribution in [0.25, 0.3) is 0 Å². The van der Waals surface area contributed by atoms with Gasteiger partial charge in [0.25, 0.3) is 0 Å². The fourth-order valence-electron chi connectivity index (χ4n) is 0.855. The summed E-state index contributed by atoms with van der Waals surface area (Å²) in [4.78, 5) is 0. The van der Waals surface area contributed by atoms with Gasteiger partial charge < -0.3 is 5.11 Å². The number of halogens is 3. The van der Waals surface area contributed by atoms with Crippen molar-refractivity contribution in [3.8, 4) is 0 Å². The van der Waals surface area contributed by atoms with Crippen molar-refractivity contribution in [1.82, 2.24) is 0 Å². The highest BCUT2D eigenvalue weighted by Gasteiger charge is 2.10. The fourth-order valence-corrected chi connectivity index (χ4v) is 1.35. The molecule has 0 aromatic heterocycles. The summed E-state index contributed by atoms with van der Waals surface area (Å²) in [5.74, 6) is -0.448. The third-order valence-electron chi connectivity index (χ3n) is 1.47. The van der Waals surface area contributed by atoms with Crippen LogP contribution in [0.15, 0.2) is 22.7 Å². The highest BCUT2D eigenvalue weighted by Crippen LogP contribution is 2.21. The molecule has 1 atom stereocenters. The first-order chi connectivity index (χ1) is 5.65. The molecule has 0 heterocycles. The van der Waals surface area contributed by atoms with Crippen molar-refractivity contribution in [3.63, 3.8) is 0 Å². The van der Waals surface area contributed by atoms with Gasteiger partial charge in [-0.3, -0.25) is 0 Å². The molecule has 0 bridgehead atoms. The molecule has 0 unspecified atom stereocenters. The van der Waals surface area contributed by atoms with Crippen molar-refractivity contribution in [2.45, 2.75) is 6.10 Å².